The molecule has 2 aliphatic rings. The van der Waals surface area contributed by atoms with Crippen molar-refractivity contribution in [1.29, 1.82) is 0 Å². The van der Waals surface area contributed by atoms with Crippen LogP contribution < -0.4 is 5.48 Å². The Morgan fingerprint density at radius 1 is 1.78 bits per heavy atom. The van der Waals surface area contributed by atoms with Gasteiger partial charge >= 0.3 is 0 Å². The Labute approximate surface area is 53.4 Å². The van der Waals surface area contributed by atoms with Crippen LogP contribution in [0.25, 0.3) is 0 Å². The summed E-state index contributed by atoms with van der Waals surface area (Å²) in [6.07, 6.45) is 4.98. The minimum absolute atomic E-state index is 0.266. The Hall–Kier alpha value is -0.830. The minimum atomic E-state index is 0.266. The van der Waals surface area contributed by atoms with Crippen LogP contribution in [-0.2, 0) is 4.84 Å². The Morgan fingerprint density at radius 3 is 3.67 bits per heavy atom. The van der Waals surface area contributed by atoms with E-state index in [1.54, 1.807) is 0 Å². The highest BCUT2D eigenvalue weighted by Gasteiger charge is 2.20. The molecule has 0 saturated heterocycles. The number of nitrogens with zero attached hydrogens (tertiary/aromatic N) is 1. The predicted octanol–water partition coefficient (Wildman–Crippen LogP) is 0.248. The standard InChI is InChI=1S/C6H8N2O/c1-2-7-3-5-4-8-9-6(1)5/h2,4,6,8H,1,3H2. The molecule has 9 heavy (non-hydrogen) atoms. The predicted molar refractivity (Wildman–Crippen MR) is 34.1 cm³/mol. The van der Waals surface area contributed by atoms with Gasteiger partial charge in [0, 0.05) is 24.4 Å². The van der Waals surface area contributed by atoms with Crippen LogP contribution in [-0.4, -0.2) is 18.9 Å². The van der Waals surface area contributed by atoms with Crippen LogP contribution in [0, 0.1) is 0 Å². The van der Waals surface area contributed by atoms with Crippen molar-refractivity contribution in [1.82, 2.24) is 5.48 Å². The van der Waals surface area contributed by atoms with Gasteiger partial charge in [-0.1, -0.05) is 0 Å². The van der Waals surface area contributed by atoms with Crippen LogP contribution in [0.4, 0.5) is 0 Å². The first-order chi connectivity index (χ1) is 4.47. The van der Waals surface area contributed by atoms with Crippen LogP contribution in [0.2, 0.25) is 0 Å². The fourth-order valence-corrected chi connectivity index (χ4v) is 1.05. The van der Waals surface area contributed by atoms with E-state index in [4.69, 9.17) is 4.84 Å². The summed E-state index contributed by atoms with van der Waals surface area (Å²) in [6, 6.07) is 0. The van der Waals surface area contributed by atoms with Gasteiger partial charge in [-0.2, -0.15) is 0 Å². The lowest BCUT2D eigenvalue weighted by Crippen LogP contribution is -2.18. The molecule has 0 aromatic carbocycles. The molecule has 2 heterocycles. The first-order valence-corrected chi connectivity index (χ1v) is 3.05. The number of fused-ring (bicyclic) bond motifs is 1. The van der Waals surface area contributed by atoms with E-state index in [2.05, 4.69) is 10.5 Å². The lowest BCUT2D eigenvalue weighted by atomic mass is 10.1. The molecule has 0 saturated carbocycles. The zero-order chi connectivity index (χ0) is 6.10. The molecule has 2 aliphatic heterocycles. The summed E-state index contributed by atoms with van der Waals surface area (Å²) in [5.74, 6) is 0. The first kappa shape index (κ1) is 4.99. The minimum Gasteiger partial charge on any atom is -0.293 e. The van der Waals surface area contributed by atoms with Crippen molar-refractivity contribution >= 4 is 6.21 Å². The summed E-state index contributed by atoms with van der Waals surface area (Å²) in [5.41, 5.74) is 3.98. The molecule has 0 bridgehead atoms. The zero-order valence-electron chi connectivity index (χ0n) is 5.00. The molecule has 0 aliphatic carbocycles. The SMILES string of the molecule is C1=NCC2=CNOC2C1. The maximum atomic E-state index is 5.12. The third-order valence-electron chi connectivity index (χ3n) is 1.59. The van der Waals surface area contributed by atoms with E-state index < -0.39 is 0 Å². The molecule has 1 N–H and O–H groups in total. The third-order valence-corrected chi connectivity index (χ3v) is 1.59. The second kappa shape index (κ2) is 1.84. The van der Waals surface area contributed by atoms with Gasteiger partial charge in [0.15, 0.2) is 0 Å². The largest absolute Gasteiger partial charge is 0.293 e. The zero-order valence-corrected chi connectivity index (χ0v) is 5.00. The van der Waals surface area contributed by atoms with Crippen LogP contribution in [0.3, 0.4) is 0 Å². The smallest absolute Gasteiger partial charge is 0.115 e. The quantitative estimate of drug-likeness (QED) is 0.502. The fraction of sp³-hybridized carbons (Fsp3) is 0.500. The third kappa shape index (κ3) is 0.733. The number of hydrogen-bond acceptors (Lipinski definition) is 3. The number of nitrogens with one attached hydrogen (secondary N) is 1. The van der Waals surface area contributed by atoms with Crippen LogP contribution in [0.1, 0.15) is 6.42 Å². The summed E-state index contributed by atoms with van der Waals surface area (Å²) < 4.78 is 0. The first-order valence-electron chi connectivity index (χ1n) is 3.05. The second-order valence-electron chi connectivity index (χ2n) is 2.20. The van der Waals surface area contributed by atoms with E-state index in [0.717, 1.165) is 13.0 Å². The molecule has 0 aromatic rings. The average molecular weight is 124 g/mol. The number of hydroxylamine groups is 1. The Bertz CT molecular complexity index is 174. The number of hydrogen-bond donors (Lipinski definition) is 1. The lowest BCUT2D eigenvalue weighted by molar-refractivity contribution is 0.0468. The maximum Gasteiger partial charge on any atom is 0.115 e. The van der Waals surface area contributed by atoms with Gasteiger partial charge in [0.2, 0.25) is 0 Å². The molecular weight excluding hydrogens is 116 g/mol. The monoisotopic (exact) mass is 124 g/mol. The molecule has 0 amide bonds. The molecular formula is C6H8N2O. The summed E-state index contributed by atoms with van der Waals surface area (Å²) in [7, 11) is 0. The fourth-order valence-electron chi connectivity index (χ4n) is 1.05. The topological polar surface area (TPSA) is 33.6 Å². The maximum absolute atomic E-state index is 5.12. The van der Waals surface area contributed by atoms with Gasteiger partial charge in [0.1, 0.15) is 6.10 Å². The number of aliphatic imine (C=N–C) groups is 1. The van der Waals surface area contributed by atoms with E-state index in [0.29, 0.717) is 0 Å². The van der Waals surface area contributed by atoms with E-state index in [1.807, 2.05) is 12.4 Å². The van der Waals surface area contributed by atoms with Crippen molar-refractivity contribution < 1.29 is 4.84 Å². The molecule has 2 rings (SSSR count). The van der Waals surface area contributed by atoms with Crippen molar-refractivity contribution in [2.45, 2.75) is 12.5 Å². The molecule has 0 spiro atoms. The van der Waals surface area contributed by atoms with E-state index >= 15 is 0 Å². The summed E-state index contributed by atoms with van der Waals surface area (Å²) in [5, 5.41) is 0. The Balaban J connectivity index is 2.20. The molecule has 1 unspecified atom stereocenters. The van der Waals surface area contributed by atoms with Gasteiger partial charge in [-0.25, -0.2) is 0 Å². The van der Waals surface area contributed by atoms with Crippen molar-refractivity contribution in [3.63, 3.8) is 0 Å². The van der Waals surface area contributed by atoms with Crippen molar-refractivity contribution in [3.05, 3.63) is 11.8 Å². The number of rotatable bonds is 0. The van der Waals surface area contributed by atoms with Gasteiger partial charge in [-0.05, 0) is 0 Å². The molecule has 3 heteroatoms. The van der Waals surface area contributed by atoms with Gasteiger partial charge < -0.3 is 0 Å². The summed E-state index contributed by atoms with van der Waals surface area (Å²) in [4.78, 5) is 9.23. The highest BCUT2D eigenvalue weighted by molar-refractivity contribution is 5.61. The van der Waals surface area contributed by atoms with Crippen molar-refractivity contribution in [3.8, 4) is 0 Å². The Morgan fingerprint density at radius 2 is 2.78 bits per heavy atom. The van der Waals surface area contributed by atoms with Crippen molar-refractivity contribution in [2.75, 3.05) is 6.54 Å². The van der Waals surface area contributed by atoms with Gasteiger partial charge in [-0.3, -0.25) is 15.3 Å². The lowest BCUT2D eigenvalue weighted by Gasteiger charge is -2.11. The summed E-state index contributed by atoms with van der Waals surface area (Å²) in [6.45, 7) is 0.803. The van der Waals surface area contributed by atoms with E-state index in [-0.39, 0.29) is 6.10 Å². The van der Waals surface area contributed by atoms with Gasteiger partial charge in [0.05, 0.1) is 6.54 Å². The van der Waals surface area contributed by atoms with Gasteiger partial charge in [0.25, 0.3) is 0 Å². The molecule has 3 nitrogen and oxygen atoms in total. The molecule has 0 fully saturated rings. The van der Waals surface area contributed by atoms with Crippen LogP contribution >= 0.6 is 0 Å². The summed E-state index contributed by atoms with van der Waals surface area (Å²) >= 11 is 0. The van der Waals surface area contributed by atoms with Gasteiger partial charge in [-0.15, -0.1) is 0 Å². The second-order valence-corrected chi connectivity index (χ2v) is 2.20. The molecule has 0 aromatic heterocycles. The normalized spacial score (nSPS) is 31.1. The van der Waals surface area contributed by atoms with Crippen LogP contribution in [0.15, 0.2) is 16.8 Å². The molecule has 48 valence electrons. The molecule has 0 radical (unpaired) electrons. The highest BCUT2D eigenvalue weighted by atomic mass is 16.7. The van der Waals surface area contributed by atoms with E-state index in [1.165, 1.54) is 5.57 Å². The van der Waals surface area contributed by atoms with E-state index in [9.17, 15) is 0 Å². The van der Waals surface area contributed by atoms with Crippen LogP contribution in [0.5, 0.6) is 0 Å². The highest BCUT2D eigenvalue weighted by Crippen LogP contribution is 2.16. The average Bonchev–Trinajstić information content (AvgIpc) is 2.33. The van der Waals surface area contributed by atoms with Crippen molar-refractivity contribution in [2.24, 2.45) is 4.99 Å². The Kier molecular flexibility index (Phi) is 1.02. The molecule has 1 atom stereocenters.